The predicted molar refractivity (Wildman–Crippen MR) is 102 cm³/mol. The Morgan fingerprint density at radius 3 is 2.42 bits per heavy atom. The van der Waals surface area contributed by atoms with Crippen LogP contribution in [0, 0.1) is 0 Å². The van der Waals surface area contributed by atoms with E-state index >= 15 is 0 Å². The molecule has 1 aliphatic rings. The molecule has 132 valence electrons. The largest absolute Gasteiger partial charge is 0.545 e. The lowest BCUT2D eigenvalue weighted by Gasteiger charge is -2.12. The Balaban J connectivity index is 1.89. The minimum Gasteiger partial charge on any atom is -0.545 e. The fourth-order valence-electron chi connectivity index (χ4n) is 2.36. The maximum atomic E-state index is 12.6. The fourth-order valence-corrected chi connectivity index (χ4v) is 3.55. The van der Waals surface area contributed by atoms with Gasteiger partial charge in [0.1, 0.15) is 0 Å². The van der Waals surface area contributed by atoms with Crippen molar-refractivity contribution in [3.05, 3.63) is 69.6 Å². The number of carbonyl (C=O) groups excluding carboxylic acids is 2. The second kappa shape index (κ2) is 7.76. The second-order valence-electron chi connectivity index (χ2n) is 5.44. The van der Waals surface area contributed by atoms with Crippen molar-refractivity contribution in [3.8, 4) is 0 Å². The van der Waals surface area contributed by atoms with E-state index in [1.54, 1.807) is 35.2 Å². The molecule has 2 aromatic carbocycles. The van der Waals surface area contributed by atoms with Gasteiger partial charge >= 0.3 is 0 Å². The number of rotatable bonds is 4. The second-order valence-corrected chi connectivity index (χ2v) is 6.89. The Morgan fingerprint density at radius 2 is 1.85 bits per heavy atom. The van der Waals surface area contributed by atoms with Crippen molar-refractivity contribution in [2.45, 2.75) is 6.92 Å². The number of thioether (sulfide) groups is 1. The molecule has 0 spiro atoms. The maximum Gasteiger partial charge on any atom is 0.266 e. The lowest BCUT2D eigenvalue weighted by Crippen LogP contribution is -2.28. The normalized spacial score (nSPS) is 17.3. The summed E-state index contributed by atoms with van der Waals surface area (Å²) in [6, 6.07) is 13.2. The quantitative estimate of drug-likeness (QED) is 0.757. The molecule has 1 heterocycles. The van der Waals surface area contributed by atoms with Gasteiger partial charge < -0.3 is 9.90 Å². The van der Waals surface area contributed by atoms with Crippen LogP contribution < -0.4 is 5.11 Å². The van der Waals surface area contributed by atoms with Gasteiger partial charge in [0, 0.05) is 11.6 Å². The lowest BCUT2D eigenvalue weighted by atomic mass is 10.2. The van der Waals surface area contributed by atoms with Crippen molar-refractivity contribution in [3.63, 3.8) is 0 Å². The van der Waals surface area contributed by atoms with Crippen LogP contribution in [0.1, 0.15) is 22.8 Å². The van der Waals surface area contributed by atoms with Gasteiger partial charge in [0.25, 0.3) is 5.91 Å². The van der Waals surface area contributed by atoms with E-state index in [1.165, 1.54) is 23.9 Å². The van der Waals surface area contributed by atoms with Crippen LogP contribution in [0.4, 0.5) is 5.69 Å². The number of amides is 1. The summed E-state index contributed by atoms with van der Waals surface area (Å²) in [6.45, 7) is 2.36. The van der Waals surface area contributed by atoms with Crippen molar-refractivity contribution in [2.75, 3.05) is 6.54 Å². The Bertz CT molecular complexity index is 905. The zero-order valence-electron chi connectivity index (χ0n) is 13.8. The third-order valence-corrected chi connectivity index (χ3v) is 4.96. The van der Waals surface area contributed by atoms with Crippen LogP contribution in [-0.2, 0) is 4.79 Å². The first-order chi connectivity index (χ1) is 12.5. The summed E-state index contributed by atoms with van der Waals surface area (Å²) in [5.41, 5.74) is 1.53. The molecule has 3 rings (SSSR count). The third-order valence-electron chi connectivity index (χ3n) is 3.70. The molecule has 0 N–H and O–H groups in total. The number of nitrogens with zero attached hydrogens (tertiary/aromatic N) is 2. The van der Waals surface area contributed by atoms with Gasteiger partial charge in [-0.1, -0.05) is 35.9 Å². The standard InChI is InChI=1S/C19H15ClN2O3S/c1-2-22-17(23)16(11-12-3-7-14(20)8-4-12)26-19(22)21-15-9-5-13(6-10-15)18(24)25/h3-11H,2H2,1H3,(H,24,25)/p-1/b16-11-,21-19?. The molecule has 7 heteroatoms. The fraction of sp³-hybridized carbons (Fsp3) is 0.105. The Kier molecular flexibility index (Phi) is 5.44. The predicted octanol–water partition coefficient (Wildman–Crippen LogP) is 3.33. The highest BCUT2D eigenvalue weighted by Gasteiger charge is 2.32. The Morgan fingerprint density at radius 1 is 1.19 bits per heavy atom. The van der Waals surface area contributed by atoms with Crippen LogP contribution in [0.25, 0.3) is 6.08 Å². The van der Waals surface area contributed by atoms with Crippen molar-refractivity contribution < 1.29 is 14.7 Å². The topological polar surface area (TPSA) is 72.8 Å². The van der Waals surface area contributed by atoms with Gasteiger partial charge in [-0.15, -0.1) is 0 Å². The molecule has 0 saturated carbocycles. The minimum atomic E-state index is -1.24. The number of amidine groups is 1. The molecule has 2 aromatic rings. The smallest absolute Gasteiger partial charge is 0.266 e. The zero-order valence-corrected chi connectivity index (χ0v) is 15.4. The number of likely N-dealkylation sites (N-methyl/N-ethyl adjacent to an activating group) is 1. The van der Waals surface area contributed by atoms with Crippen LogP contribution in [0.5, 0.6) is 0 Å². The van der Waals surface area contributed by atoms with E-state index in [0.29, 0.717) is 27.3 Å². The highest BCUT2D eigenvalue weighted by atomic mass is 35.5. The number of carboxylic acids is 1. The molecule has 0 atom stereocenters. The van der Waals surface area contributed by atoms with Gasteiger partial charge in [0.2, 0.25) is 0 Å². The number of carboxylic acid groups (broad SMARTS) is 1. The summed E-state index contributed by atoms with van der Waals surface area (Å²) in [5.74, 6) is -1.35. The van der Waals surface area contributed by atoms with E-state index in [1.807, 2.05) is 19.1 Å². The lowest BCUT2D eigenvalue weighted by molar-refractivity contribution is -0.255. The molecule has 0 radical (unpaired) electrons. The third kappa shape index (κ3) is 3.98. The average Bonchev–Trinajstić information content (AvgIpc) is 2.92. The van der Waals surface area contributed by atoms with Crippen molar-refractivity contribution in [2.24, 2.45) is 4.99 Å². The summed E-state index contributed by atoms with van der Waals surface area (Å²) in [7, 11) is 0. The summed E-state index contributed by atoms with van der Waals surface area (Å²) in [6.07, 6.45) is 1.80. The SMILES string of the molecule is CCN1C(=O)/C(=C/c2ccc(Cl)cc2)SC1=Nc1ccc(C(=O)[O-])cc1. The van der Waals surface area contributed by atoms with Crippen molar-refractivity contribution >= 4 is 52.2 Å². The molecule has 1 amide bonds. The number of carbonyl (C=O) groups is 2. The molecular weight excluding hydrogens is 372 g/mol. The molecule has 26 heavy (non-hydrogen) atoms. The first-order valence-electron chi connectivity index (χ1n) is 7.85. The van der Waals surface area contributed by atoms with Crippen molar-refractivity contribution in [1.29, 1.82) is 0 Å². The summed E-state index contributed by atoms with van der Waals surface area (Å²) < 4.78 is 0. The van der Waals surface area contributed by atoms with Gasteiger partial charge in [0.15, 0.2) is 5.17 Å². The Labute approximate surface area is 160 Å². The van der Waals surface area contributed by atoms with Gasteiger partial charge in [0.05, 0.1) is 16.6 Å². The summed E-state index contributed by atoms with van der Waals surface area (Å²) in [5, 5.41) is 12.0. The number of hydrogen-bond donors (Lipinski definition) is 0. The molecule has 0 bridgehead atoms. The summed E-state index contributed by atoms with van der Waals surface area (Å²) in [4.78, 5) is 30.0. The first kappa shape index (κ1) is 18.2. The van der Waals surface area contributed by atoms with Crippen LogP contribution >= 0.6 is 23.4 Å². The van der Waals surface area contributed by atoms with E-state index in [-0.39, 0.29) is 11.5 Å². The van der Waals surface area contributed by atoms with Crippen molar-refractivity contribution in [1.82, 2.24) is 4.90 Å². The molecule has 0 aromatic heterocycles. The van der Waals surface area contributed by atoms with Gasteiger partial charge in [-0.25, -0.2) is 4.99 Å². The number of aliphatic imine (C=N–C) groups is 1. The molecule has 1 saturated heterocycles. The number of aromatic carboxylic acids is 1. The van der Waals surface area contributed by atoms with Gasteiger partial charge in [-0.05, 0) is 60.2 Å². The van der Waals surface area contributed by atoms with E-state index < -0.39 is 5.97 Å². The monoisotopic (exact) mass is 385 g/mol. The molecule has 5 nitrogen and oxygen atoms in total. The molecule has 1 fully saturated rings. The number of benzene rings is 2. The van der Waals surface area contributed by atoms with E-state index in [9.17, 15) is 14.7 Å². The molecular formula is C19H14ClN2O3S-. The van der Waals surface area contributed by atoms with Crippen LogP contribution in [-0.4, -0.2) is 28.5 Å². The van der Waals surface area contributed by atoms with E-state index in [0.717, 1.165) is 5.56 Å². The Hall–Kier alpha value is -2.57. The zero-order chi connectivity index (χ0) is 18.7. The van der Waals surface area contributed by atoms with Crippen LogP contribution in [0.15, 0.2) is 58.4 Å². The number of halogens is 1. The molecule has 1 aliphatic heterocycles. The molecule has 0 aliphatic carbocycles. The van der Waals surface area contributed by atoms with E-state index in [2.05, 4.69) is 4.99 Å². The highest BCUT2D eigenvalue weighted by molar-refractivity contribution is 8.18. The van der Waals surface area contributed by atoms with Gasteiger partial charge in [-0.2, -0.15) is 0 Å². The average molecular weight is 386 g/mol. The minimum absolute atomic E-state index is 0.0831. The van der Waals surface area contributed by atoms with Crippen LogP contribution in [0.3, 0.4) is 0 Å². The van der Waals surface area contributed by atoms with Gasteiger partial charge in [-0.3, -0.25) is 9.69 Å². The van der Waals surface area contributed by atoms with E-state index in [4.69, 9.17) is 11.6 Å². The number of hydrogen-bond acceptors (Lipinski definition) is 5. The highest BCUT2D eigenvalue weighted by Crippen LogP contribution is 2.34. The summed E-state index contributed by atoms with van der Waals surface area (Å²) >= 11 is 7.17. The molecule has 0 unspecified atom stereocenters. The maximum absolute atomic E-state index is 12.6. The van der Waals surface area contributed by atoms with Crippen LogP contribution in [0.2, 0.25) is 5.02 Å². The first-order valence-corrected chi connectivity index (χ1v) is 9.04.